The Hall–Kier alpha value is -1.59. The minimum atomic E-state index is 0.509. The van der Waals surface area contributed by atoms with Crippen molar-refractivity contribution in [2.45, 2.75) is 39.0 Å². The van der Waals surface area contributed by atoms with Gasteiger partial charge >= 0.3 is 0 Å². The second-order valence-electron chi connectivity index (χ2n) is 6.55. The first-order valence-corrected chi connectivity index (χ1v) is 9.13. The normalized spacial score (nSPS) is 25.3. The first kappa shape index (κ1) is 16.3. The van der Waals surface area contributed by atoms with Crippen molar-refractivity contribution in [3.05, 3.63) is 40.8 Å². The smallest absolute Gasteiger partial charge is 0.131 e. The van der Waals surface area contributed by atoms with Crippen LogP contribution in [0.5, 0.6) is 5.75 Å². The van der Waals surface area contributed by atoms with E-state index in [9.17, 15) is 0 Å². The summed E-state index contributed by atoms with van der Waals surface area (Å²) in [5.74, 6) is 1.52. The third-order valence-electron chi connectivity index (χ3n) is 4.67. The number of thiazole rings is 1. The average molecular weight is 331 g/mol. The van der Waals surface area contributed by atoms with E-state index in [-0.39, 0.29) is 0 Å². The summed E-state index contributed by atoms with van der Waals surface area (Å²) >= 11 is 1.59. The maximum absolute atomic E-state index is 5.84. The highest BCUT2D eigenvalue weighted by Crippen LogP contribution is 2.26. The van der Waals surface area contributed by atoms with Gasteiger partial charge in [-0.15, -0.1) is 11.3 Å². The number of ether oxygens (including phenoxy) is 1. The van der Waals surface area contributed by atoms with Crippen LogP contribution in [0.2, 0.25) is 0 Å². The van der Waals surface area contributed by atoms with Gasteiger partial charge in [0.1, 0.15) is 12.4 Å². The monoisotopic (exact) mass is 331 g/mol. The minimum Gasteiger partial charge on any atom is -0.487 e. The lowest BCUT2D eigenvalue weighted by atomic mass is 9.89. The first-order valence-electron chi connectivity index (χ1n) is 8.18. The molecule has 0 amide bonds. The molecule has 0 radical (unpaired) electrons. The SMILES string of the molecule is C[C@@H]1CN(C)[C@H](C)C[C@H]1Nc1cccc(OCc2cscn2)c1. The second kappa shape index (κ2) is 7.32. The van der Waals surface area contributed by atoms with Gasteiger partial charge in [-0.05, 0) is 38.4 Å². The Balaban J connectivity index is 1.61. The zero-order valence-corrected chi connectivity index (χ0v) is 14.8. The van der Waals surface area contributed by atoms with Crippen LogP contribution in [-0.2, 0) is 6.61 Å². The van der Waals surface area contributed by atoms with Gasteiger partial charge in [-0.2, -0.15) is 0 Å². The molecule has 1 aliphatic heterocycles. The summed E-state index contributed by atoms with van der Waals surface area (Å²) in [6.07, 6.45) is 1.17. The number of likely N-dealkylation sites (tertiary alicyclic amines) is 1. The van der Waals surface area contributed by atoms with Gasteiger partial charge in [-0.25, -0.2) is 4.98 Å². The first-order chi connectivity index (χ1) is 11.1. The van der Waals surface area contributed by atoms with Crippen molar-refractivity contribution in [2.24, 2.45) is 5.92 Å². The molecule has 0 unspecified atom stereocenters. The van der Waals surface area contributed by atoms with Crippen LogP contribution in [-0.4, -0.2) is 35.6 Å². The molecule has 1 fully saturated rings. The molecule has 5 heteroatoms. The van der Waals surface area contributed by atoms with E-state index in [1.807, 2.05) is 23.0 Å². The van der Waals surface area contributed by atoms with Crippen LogP contribution in [0.1, 0.15) is 26.0 Å². The predicted molar refractivity (Wildman–Crippen MR) is 96.2 cm³/mol. The fourth-order valence-corrected chi connectivity index (χ4v) is 3.64. The summed E-state index contributed by atoms with van der Waals surface area (Å²) < 4.78 is 5.84. The Morgan fingerprint density at radius 3 is 3.04 bits per heavy atom. The Labute approximate surface area is 142 Å². The maximum Gasteiger partial charge on any atom is 0.131 e. The number of piperidine rings is 1. The van der Waals surface area contributed by atoms with Gasteiger partial charge in [0, 0.05) is 35.8 Å². The largest absolute Gasteiger partial charge is 0.487 e. The van der Waals surface area contributed by atoms with E-state index in [1.165, 1.54) is 6.42 Å². The number of aromatic nitrogens is 1. The molecule has 0 spiro atoms. The van der Waals surface area contributed by atoms with Gasteiger partial charge in [0.15, 0.2) is 0 Å². The molecule has 1 aromatic carbocycles. The number of anilines is 1. The van der Waals surface area contributed by atoms with E-state index in [0.717, 1.165) is 23.7 Å². The fraction of sp³-hybridized carbons (Fsp3) is 0.500. The standard InChI is InChI=1S/C18H25N3OS/c1-13-9-21(3)14(2)7-18(13)20-15-5-4-6-17(8-15)22-10-16-11-23-12-19-16/h4-6,8,11-14,18,20H,7,9-10H2,1-3H3/t13-,14-,18-/m1/s1. The van der Waals surface area contributed by atoms with Crippen LogP contribution >= 0.6 is 11.3 Å². The highest BCUT2D eigenvalue weighted by atomic mass is 32.1. The molecule has 23 heavy (non-hydrogen) atoms. The summed E-state index contributed by atoms with van der Waals surface area (Å²) in [6.45, 7) is 6.28. The lowest BCUT2D eigenvalue weighted by Gasteiger charge is -2.40. The van der Waals surface area contributed by atoms with E-state index < -0.39 is 0 Å². The Kier molecular flexibility index (Phi) is 5.18. The molecule has 0 saturated carbocycles. The molecule has 1 aliphatic rings. The molecule has 0 aliphatic carbocycles. The molecular formula is C18H25N3OS. The lowest BCUT2D eigenvalue weighted by molar-refractivity contribution is 0.145. The van der Waals surface area contributed by atoms with E-state index >= 15 is 0 Å². The Morgan fingerprint density at radius 1 is 1.39 bits per heavy atom. The lowest BCUT2D eigenvalue weighted by Crippen LogP contribution is -2.48. The summed E-state index contributed by atoms with van der Waals surface area (Å²) in [4.78, 5) is 6.69. The summed E-state index contributed by atoms with van der Waals surface area (Å²) in [5.41, 5.74) is 3.94. The zero-order valence-electron chi connectivity index (χ0n) is 14.0. The number of nitrogens with one attached hydrogen (secondary N) is 1. The molecule has 1 aromatic heterocycles. The molecule has 3 rings (SSSR count). The molecule has 2 heterocycles. The molecule has 1 N–H and O–H groups in total. The van der Waals surface area contributed by atoms with E-state index in [4.69, 9.17) is 4.74 Å². The van der Waals surface area contributed by atoms with Crippen molar-refractivity contribution >= 4 is 17.0 Å². The molecular weight excluding hydrogens is 306 g/mol. The molecule has 4 nitrogen and oxygen atoms in total. The van der Waals surface area contributed by atoms with Crippen LogP contribution in [0.15, 0.2) is 35.2 Å². The predicted octanol–water partition coefficient (Wildman–Crippen LogP) is 3.86. The topological polar surface area (TPSA) is 37.4 Å². The number of benzene rings is 1. The fourth-order valence-electron chi connectivity index (χ4n) is 3.10. The van der Waals surface area contributed by atoms with Crippen LogP contribution in [0.25, 0.3) is 0 Å². The van der Waals surface area contributed by atoms with E-state index in [2.05, 4.69) is 48.2 Å². The van der Waals surface area contributed by atoms with Gasteiger partial charge in [-0.1, -0.05) is 13.0 Å². The number of nitrogens with zero attached hydrogens (tertiary/aromatic N) is 2. The van der Waals surface area contributed by atoms with E-state index in [1.54, 1.807) is 11.3 Å². The maximum atomic E-state index is 5.84. The van der Waals surface area contributed by atoms with Gasteiger partial charge in [0.05, 0.1) is 11.2 Å². The zero-order chi connectivity index (χ0) is 16.2. The minimum absolute atomic E-state index is 0.509. The van der Waals surface area contributed by atoms with E-state index in [0.29, 0.717) is 24.6 Å². The summed E-state index contributed by atoms with van der Waals surface area (Å²) in [7, 11) is 2.21. The Morgan fingerprint density at radius 2 is 2.26 bits per heavy atom. The van der Waals surface area contributed by atoms with Crippen LogP contribution in [0, 0.1) is 5.92 Å². The third-order valence-corrected chi connectivity index (χ3v) is 5.30. The van der Waals surface area contributed by atoms with Crippen molar-refractivity contribution in [3.63, 3.8) is 0 Å². The van der Waals surface area contributed by atoms with Crippen LogP contribution in [0.4, 0.5) is 5.69 Å². The second-order valence-corrected chi connectivity index (χ2v) is 7.27. The molecule has 124 valence electrons. The molecule has 1 saturated heterocycles. The van der Waals surface area contributed by atoms with Gasteiger partial charge in [0.25, 0.3) is 0 Å². The number of hydrogen-bond donors (Lipinski definition) is 1. The third kappa shape index (κ3) is 4.24. The number of hydrogen-bond acceptors (Lipinski definition) is 5. The van der Waals surface area contributed by atoms with Gasteiger partial charge < -0.3 is 15.0 Å². The summed E-state index contributed by atoms with van der Waals surface area (Å²) in [5, 5.41) is 5.71. The highest BCUT2D eigenvalue weighted by molar-refractivity contribution is 7.07. The quantitative estimate of drug-likeness (QED) is 0.903. The van der Waals surface area contributed by atoms with Crippen molar-refractivity contribution < 1.29 is 4.74 Å². The van der Waals surface area contributed by atoms with Gasteiger partial charge in [-0.3, -0.25) is 0 Å². The van der Waals surface area contributed by atoms with Gasteiger partial charge in [0.2, 0.25) is 0 Å². The van der Waals surface area contributed by atoms with Crippen LogP contribution in [0.3, 0.4) is 0 Å². The Bertz CT molecular complexity index is 616. The van der Waals surface area contributed by atoms with Crippen molar-refractivity contribution in [1.82, 2.24) is 9.88 Å². The van der Waals surface area contributed by atoms with Crippen LogP contribution < -0.4 is 10.1 Å². The molecule has 2 aromatic rings. The average Bonchev–Trinajstić information content (AvgIpc) is 3.04. The summed E-state index contributed by atoms with van der Waals surface area (Å²) in [6, 6.07) is 9.37. The van der Waals surface area contributed by atoms with Crippen molar-refractivity contribution in [3.8, 4) is 5.75 Å². The number of rotatable bonds is 5. The van der Waals surface area contributed by atoms with Crippen molar-refractivity contribution in [2.75, 3.05) is 18.9 Å². The molecule has 3 atom stereocenters. The molecule has 0 bridgehead atoms. The highest BCUT2D eigenvalue weighted by Gasteiger charge is 2.28. The van der Waals surface area contributed by atoms with Crippen molar-refractivity contribution in [1.29, 1.82) is 0 Å².